The molecule has 0 unspecified atom stereocenters. The van der Waals surface area contributed by atoms with Crippen LogP contribution in [0.2, 0.25) is 0 Å². The van der Waals surface area contributed by atoms with Crippen molar-refractivity contribution in [3.8, 4) is 0 Å². The van der Waals surface area contributed by atoms with Crippen molar-refractivity contribution in [1.29, 1.82) is 0 Å². The summed E-state index contributed by atoms with van der Waals surface area (Å²) in [4.78, 5) is 0. The van der Waals surface area contributed by atoms with E-state index in [2.05, 4.69) is 6.58 Å². The minimum atomic E-state index is 0.430. The number of allylic oxidation sites excluding steroid dienone is 1. The molecule has 0 aromatic carbocycles. The lowest BCUT2D eigenvalue weighted by Gasteiger charge is -2.02. The van der Waals surface area contributed by atoms with Gasteiger partial charge in [-0.2, -0.15) is 0 Å². The summed E-state index contributed by atoms with van der Waals surface area (Å²) < 4.78 is 9.97. The summed E-state index contributed by atoms with van der Waals surface area (Å²) in [5.74, 6) is 0. The van der Waals surface area contributed by atoms with Gasteiger partial charge < -0.3 is 9.47 Å². The molecule has 0 aliphatic carbocycles. The van der Waals surface area contributed by atoms with E-state index in [0.717, 1.165) is 19.4 Å². The monoisotopic (exact) mass is 200 g/mol. The van der Waals surface area contributed by atoms with E-state index < -0.39 is 0 Å². The Morgan fingerprint density at radius 2 is 1.64 bits per heavy atom. The van der Waals surface area contributed by atoms with E-state index in [9.17, 15) is 0 Å². The number of unbranched alkanes of at least 4 members (excludes halogenated alkanes) is 6. The molecule has 0 aromatic rings. The molecule has 0 rings (SSSR count). The minimum absolute atomic E-state index is 0.430. The van der Waals surface area contributed by atoms with Crippen molar-refractivity contribution >= 4 is 0 Å². The SMILES string of the molecule is C=CCCCCCCCCOCOC. The van der Waals surface area contributed by atoms with Crippen LogP contribution in [0.25, 0.3) is 0 Å². The van der Waals surface area contributed by atoms with Gasteiger partial charge in [0, 0.05) is 13.7 Å². The Hall–Kier alpha value is -0.340. The van der Waals surface area contributed by atoms with Crippen molar-refractivity contribution in [3.63, 3.8) is 0 Å². The second-order valence-corrected chi connectivity index (χ2v) is 3.51. The molecule has 14 heavy (non-hydrogen) atoms. The van der Waals surface area contributed by atoms with Crippen LogP contribution in [0.4, 0.5) is 0 Å². The summed E-state index contributed by atoms with van der Waals surface area (Å²) >= 11 is 0. The lowest BCUT2D eigenvalue weighted by atomic mass is 10.1. The van der Waals surface area contributed by atoms with Gasteiger partial charge in [0.2, 0.25) is 0 Å². The molecular weight excluding hydrogens is 176 g/mol. The lowest BCUT2D eigenvalue weighted by molar-refractivity contribution is -0.0315. The van der Waals surface area contributed by atoms with Crippen LogP contribution in [0.5, 0.6) is 0 Å². The van der Waals surface area contributed by atoms with Crippen molar-refractivity contribution in [2.75, 3.05) is 20.5 Å². The molecule has 0 aromatic heterocycles. The summed E-state index contributed by atoms with van der Waals surface area (Å²) in [5, 5.41) is 0. The molecule has 2 heteroatoms. The predicted octanol–water partition coefficient (Wildman–Crippen LogP) is 3.52. The van der Waals surface area contributed by atoms with E-state index in [1.807, 2.05) is 6.08 Å². The summed E-state index contributed by atoms with van der Waals surface area (Å²) in [6.45, 7) is 4.97. The van der Waals surface area contributed by atoms with Crippen LogP contribution in [0.3, 0.4) is 0 Å². The highest BCUT2D eigenvalue weighted by Crippen LogP contribution is 2.07. The Kier molecular flexibility index (Phi) is 12.4. The Morgan fingerprint density at radius 3 is 2.29 bits per heavy atom. The zero-order valence-corrected chi connectivity index (χ0v) is 9.46. The van der Waals surface area contributed by atoms with Gasteiger partial charge in [-0.3, -0.25) is 0 Å². The zero-order chi connectivity index (χ0) is 10.5. The van der Waals surface area contributed by atoms with Gasteiger partial charge in [-0.15, -0.1) is 6.58 Å². The van der Waals surface area contributed by atoms with E-state index >= 15 is 0 Å². The Bertz CT molecular complexity index is 113. The van der Waals surface area contributed by atoms with E-state index in [-0.39, 0.29) is 0 Å². The van der Waals surface area contributed by atoms with Crippen LogP contribution in [0, 0.1) is 0 Å². The molecule has 0 atom stereocenters. The standard InChI is InChI=1S/C12H24O2/c1-3-4-5-6-7-8-9-10-11-14-12-13-2/h3H,1,4-12H2,2H3. The first-order chi connectivity index (χ1) is 6.91. The highest BCUT2D eigenvalue weighted by molar-refractivity contribution is 4.65. The van der Waals surface area contributed by atoms with E-state index in [0.29, 0.717) is 6.79 Å². The third-order valence-electron chi connectivity index (χ3n) is 2.15. The molecule has 0 amide bonds. The largest absolute Gasteiger partial charge is 0.359 e. The Morgan fingerprint density at radius 1 is 1.00 bits per heavy atom. The maximum absolute atomic E-state index is 5.19. The first kappa shape index (κ1) is 13.7. The smallest absolute Gasteiger partial charge is 0.146 e. The van der Waals surface area contributed by atoms with Gasteiger partial charge in [0.1, 0.15) is 6.79 Å². The van der Waals surface area contributed by atoms with E-state index in [1.165, 1.54) is 32.1 Å². The molecule has 0 saturated carbocycles. The molecule has 0 N–H and O–H groups in total. The third-order valence-corrected chi connectivity index (χ3v) is 2.15. The van der Waals surface area contributed by atoms with E-state index in [4.69, 9.17) is 9.47 Å². The van der Waals surface area contributed by atoms with Crippen LogP contribution in [0.1, 0.15) is 44.9 Å². The summed E-state index contributed by atoms with van der Waals surface area (Å²) in [5.41, 5.74) is 0. The highest BCUT2D eigenvalue weighted by atomic mass is 16.7. The fourth-order valence-electron chi connectivity index (χ4n) is 1.34. The Balaban J connectivity index is 2.81. The number of rotatable bonds is 11. The summed E-state index contributed by atoms with van der Waals surface area (Å²) in [6.07, 6.45) is 10.9. The molecule has 0 bridgehead atoms. The van der Waals surface area contributed by atoms with Crippen molar-refractivity contribution < 1.29 is 9.47 Å². The topological polar surface area (TPSA) is 18.5 Å². The van der Waals surface area contributed by atoms with Gasteiger partial charge in [0.05, 0.1) is 0 Å². The van der Waals surface area contributed by atoms with Crippen molar-refractivity contribution in [2.24, 2.45) is 0 Å². The lowest BCUT2D eigenvalue weighted by Crippen LogP contribution is -1.98. The van der Waals surface area contributed by atoms with Gasteiger partial charge in [-0.1, -0.05) is 31.8 Å². The second-order valence-electron chi connectivity index (χ2n) is 3.51. The van der Waals surface area contributed by atoms with Gasteiger partial charge in [-0.05, 0) is 19.3 Å². The quantitative estimate of drug-likeness (QED) is 0.288. The fourth-order valence-corrected chi connectivity index (χ4v) is 1.34. The number of hydrogen-bond donors (Lipinski definition) is 0. The molecule has 0 spiro atoms. The number of hydrogen-bond acceptors (Lipinski definition) is 2. The predicted molar refractivity (Wildman–Crippen MR) is 60.3 cm³/mol. The maximum Gasteiger partial charge on any atom is 0.146 e. The number of methoxy groups -OCH3 is 1. The second kappa shape index (κ2) is 12.7. The van der Waals surface area contributed by atoms with E-state index in [1.54, 1.807) is 7.11 Å². The molecule has 2 nitrogen and oxygen atoms in total. The van der Waals surface area contributed by atoms with Crippen LogP contribution in [-0.2, 0) is 9.47 Å². The molecule has 0 saturated heterocycles. The Labute approximate surface area is 88.3 Å². The van der Waals surface area contributed by atoms with Gasteiger partial charge >= 0.3 is 0 Å². The van der Waals surface area contributed by atoms with Crippen molar-refractivity contribution in [1.82, 2.24) is 0 Å². The van der Waals surface area contributed by atoms with Crippen LogP contribution >= 0.6 is 0 Å². The molecular formula is C12H24O2. The third kappa shape index (κ3) is 11.7. The first-order valence-electron chi connectivity index (χ1n) is 5.59. The van der Waals surface area contributed by atoms with Gasteiger partial charge in [-0.25, -0.2) is 0 Å². The van der Waals surface area contributed by atoms with Crippen LogP contribution in [0.15, 0.2) is 12.7 Å². The fraction of sp³-hybridized carbons (Fsp3) is 0.833. The molecule has 0 aliphatic rings. The van der Waals surface area contributed by atoms with Crippen LogP contribution < -0.4 is 0 Å². The summed E-state index contributed by atoms with van der Waals surface area (Å²) in [6, 6.07) is 0. The van der Waals surface area contributed by atoms with Crippen molar-refractivity contribution in [3.05, 3.63) is 12.7 Å². The summed E-state index contributed by atoms with van der Waals surface area (Å²) in [7, 11) is 1.65. The maximum atomic E-state index is 5.19. The molecule has 0 heterocycles. The highest BCUT2D eigenvalue weighted by Gasteiger charge is 1.91. The van der Waals surface area contributed by atoms with Gasteiger partial charge in [0.15, 0.2) is 0 Å². The molecule has 0 radical (unpaired) electrons. The van der Waals surface area contributed by atoms with Crippen LogP contribution in [-0.4, -0.2) is 20.5 Å². The number of ether oxygens (including phenoxy) is 2. The van der Waals surface area contributed by atoms with Gasteiger partial charge in [0.25, 0.3) is 0 Å². The first-order valence-corrected chi connectivity index (χ1v) is 5.59. The average molecular weight is 200 g/mol. The molecule has 84 valence electrons. The normalized spacial score (nSPS) is 10.4. The average Bonchev–Trinajstić information content (AvgIpc) is 2.21. The molecule has 0 aliphatic heterocycles. The minimum Gasteiger partial charge on any atom is -0.359 e. The zero-order valence-electron chi connectivity index (χ0n) is 9.46. The molecule has 0 fully saturated rings. The van der Waals surface area contributed by atoms with Crippen molar-refractivity contribution in [2.45, 2.75) is 44.9 Å².